The molecule has 0 amide bonds. The number of anilines is 1. The minimum absolute atomic E-state index is 0.529. The van der Waals surface area contributed by atoms with Crippen molar-refractivity contribution in [2.24, 2.45) is 0 Å². The fourth-order valence-corrected chi connectivity index (χ4v) is 2.56. The number of rotatable bonds is 2. The van der Waals surface area contributed by atoms with Crippen LogP contribution >= 0.6 is 0 Å². The quantitative estimate of drug-likeness (QED) is 0.849. The summed E-state index contributed by atoms with van der Waals surface area (Å²) < 4.78 is 5.20. The summed E-state index contributed by atoms with van der Waals surface area (Å²) in [6.07, 6.45) is 1.19. The third-order valence-electron chi connectivity index (χ3n) is 3.50. The number of nitrogens with zero attached hydrogens (tertiary/aromatic N) is 1. The van der Waals surface area contributed by atoms with Crippen LogP contribution in [-0.4, -0.2) is 32.3 Å². The lowest BCUT2D eigenvalue weighted by molar-refractivity contribution is 0.414. The van der Waals surface area contributed by atoms with Gasteiger partial charge in [0, 0.05) is 24.3 Å². The SMILES string of the molecule is COc1ccc(N2C(C)CCNCC2C)cc1. The molecule has 1 heterocycles. The van der Waals surface area contributed by atoms with E-state index in [1.165, 1.54) is 12.1 Å². The van der Waals surface area contributed by atoms with Crippen LogP contribution in [0.1, 0.15) is 20.3 Å². The van der Waals surface area contributed by atoms with Crippen LogP contribution < -0.4 is 15.0 Å². The van der Waals surface area contributed by atoms with Gasteiger partial charge in [0.1, 0.15) is 5.75 Å². The maximum Gasteiger partial charge on any atom is 0.119 e. The lowest BCUT2D eigenvalue weighted by Crippen LogP contribution is -2.41. The summed E-state index contributed by atoms with van der Waals surface area (Å²) >= 11 is 0. The van der Waals surface area contributed by atoms with Crippen molar-refractivity contribution < 1.29 is 4.74 Å². The number of methoxy groups -OCH3 is 1. The minimum Gasteiger partial charge on any atom is -0.497 e. The van der Waals surface area contributed by atoms with E-state index in [4.69, 9.17) is 4.74 Å². The Labute approximate surface area is 104 Å². The van der Waals surface area contributed by atoms with Crippen LogP contribution in [0.15, 0.2) is 24.3 Å². The minimum atomic E-state index is 0.529. The molecule has 94 valence electrons. The predicted octanol–water partition coefficient (Wildman–Crippen LogP) is 2.27. The zero-order valence-electron chi connectivity index (χ0n) is 10.9. The molecule has 0 saturated carbocycles. The van der Waals surface area contributed by atoms with Gasteiger partial charge in [-0.25, -0.2) is 0 Å². The first-order chi connectivity index (χ1) is 8.22. The van der Waals surface area contributed by atoms with Crippen molar-refractivity contribution in [3.05, 3.63) is 24.3 Å². The third-order valence-corrected chi connectivity index (χ3v) is 3.50. The van der Waals surface area contributed by atoms with Crippen LogP contribution in [0, 0.1) is 0 Å². The average Bonchev–Trinajstić information content (AvgIpc) is 2.51. The fourth-order valence-electron chi connectivity index (χ4n) is 2.56. The number of hydrogen-bond acceptors (Lipinski definition) is 3. The number of hydrogen-bond donors (Lipinski definition) is 1. The first kappa shape index (κ1) is 12.2. The molecule has 17 heavy (non-hydrogen) atoms. The molecule has 3 nitrogen and oxygen atoms in total. The summed E-state index contributed by atoms with van der Waals surface area (Å²) in [5.41, 5.74) is 1.29. The van der Waals surface area contributed by atoms with E-state index in [0.29, 0.717) is 12.1 Å². The van der Waals surface area contributed by atoms with Crippen molar-refractivity contribution in [1.82, 2.24) is 5.32 Å². The van der Waals surface area contributed by atoms with E-state index in [1.807, 2.05) is 12.1 Å². The van der Waals surface area contributed by atoms with E-state index in [1.54, 1.807) is 7.11 Å². The smallest absolute Gasteiger partial charge is 0.119 e. The topological polar surface area (TPSA) is 24.5 Å². The molecule has 2 rings (SSSR count). The molecule has 0 radical (unpaired) electrons. The van der Waals surface area contributed by atoms with Gasteiger partial charge in [0.05, 0.1) is 7.11 Å². The highest BCUT2D eigenvalue weighted by Crippen LogP contribution is 2.25. The highest BCUT2D eigenvalue weighted by Gasteiger charge is 2.22. The van der Waals surface area contributed by atoms with Gasteiger partial charge in [-0.1, -0.05) is 0 Å². The van der Waals surface area contributed by atoms with Crippen molar-refractivity contribution in [2.45, 2.75) is 32.4 Å². The normalized spacial score (nSPS) is 25.5. The zero-order chi connectivity index (χ0) is 12.3. The highest BCUT2D eigenvalue weighted by atomic mass is 16.5. The van der Waals surface area contributed by atoms with Crippen LogP contribution in [-0.2, 0) is 0 Å². The van der Waals surface area contributed by atoms with E-state index in [2.05, 4.69) is 36.2 Å². The van der Waals surface area contributed by atoms with Crippen molar-refractivity contribution in [2.75, 3.05) is 25.1 Å². The van der Waals surface area contributed by atoms with Crippen molar-refractivity contribution in [3.8, 4) is 5.75 Å². The van der Waals surface area contributed by atoms with E-state index < -0.39 is 0 Å². The number of ether oxygens (including phenoxy) is 1. The molecule has 1 fully saturated rings. The van der Waals surface area contributed by atoms with Gasteiger partial charge in [-0.15, -0.1) is 0 Å². The molecule has 1 aliphatic heterocycles. The molecular formula is C14H22N2O. The highest BCUT2D eigenvalue weighted by molar-refractivity contribution is 5.51. The summed E-state index contributed by atoms with van der Waals surface area (Å²) in [6.45, 7) is 6.74. The van der Waals surface area contributed by atoms with E-state index in [-0.39, 0.29) is 0 Å². The fraction of sp³-hybridized carbons (Fsp3) is 0.571. The maximum absolute atomic E-state index is 5.20. The second-order valence-electron chi connectivity index (χ2n) is 4.80. The van der Waals surface area contributed by atoms with Crippen LogP contribution in [0.4, 0.5) is 5.69 Å². The average molecular weight is 234 g/mol. The molecule has 1 aromatic carbocycles. The first-order valence-electron chi connectivity index (χ1n) is 6.35. The molecule has 1 aromatic rings. The summed E-state index contributed by atoms with van der Waals surface area (Å²) in [7, 11) is 1.70. The molecule has 1 N–H and O–H groups in total. The van der Waals surface area contributed by atoms with Crippen LogP contribution in [0.3, 0.4) is 0 Å². The van der Waals surface area contributed by atoms with E-state index in [0.717, 1.165) is 18.8 Å². The van der Waals surface area contributed by atoms with Crippen molar-refractivity contribution >= 4 is 5.69 Å². The lowest BCUT2D eigenvalue weighted by atomic mass is 10.1. The molecule has 2 atom stereocenters. The van der Waals surface area contributed by atoms with Crippen molar-refractivity contribution in [1.29, 1.82) is 0 Å². The molecule has 1 saturated heterocycles. The number of nitrogens with one attached hydrogen (secondary N) is 1. The zero-order valence-corrected chi connectivity index (χ0v) is 10.9. The molecule has 0 aromatic heterocycles. The van der Waals surface area contributed by atoms with Crippen LogP contribution in [0.25, 0.3) is 0 Å². The summed E-state index contributed by atoms with van der Waals surface area (Å²) in [5, 5.41) is 3.48. The molecule has 3 heteroatoms. The van der Waals surface area contributed by atoms with Gasteiger partial charge < -0.3 is 15.0 Å². The Hall–Kier alpha value is -1.22. The Morgan fingerprint density at radius 1 is 1.18 bits per heavy atom. The van der Waals surface area contributed by atoms with Crippen LogP contribution in [0.5, 0.6) is 5.75 Å². The summed E-state index contributed by atoms with van der Waals surface area (Å²) in [6, 6.07) is 9.48. The molecule has 1 aliphatic rings. The molecule has 0 bridgehead atoms. The Bertz CT molecular complexity index is 338. The van der Waals surface area contributed by atoms with E-state index >= 15 is 0 Å². The van der Waals surface area contributed by atoms with Gasteiger partial charge in [0.25, 0.3) is 0 Å². The van der Waals surface area contributed by atoms with Gasteiger partial charge in [-0.05, 0) is 51.1 Å². The molecular weight excluding hydrogens is 212 g/mol. The summed E-state index contributed by atoms with van der Waals surface area (Å²) in [4.78, 5) is 2.50. The monoisotopic (exact) mass is 234 g/mol. The molecule has 2 unspecified atom stereocenters. The van der Waals surface area contributed by atoms with Gasteiger partial charge in [0.2, 0.25) is 0 Å². The molecule has 0 spiro atoms. The Morgan fingerprint density at radius 3 is 2.53 bits per heavy atom. The maximum atomic E-state index is 5.20. The van der Waals surface area contributed by atoms with Gasteiger partial charge in [-0.2, -0.15) is 0 Å². The first-order valence-corrected chi connectivity index (χ1v) is 6.35. The van der Waals surface area contributed by atoms with Crippen molar-refractivity contribution in [3.63, 3.8) is 0 Å². The van der Waals surface area contributed by atoms with Gasteiger partial charge in [0.15, 0.2) is 0 Å². The third kappa shape index (κ3) is 2.72. The standard InChI is InChI=1S/C14H22N2O/c1-11-8-9-15-10-12(2)16(11)13-4-6-14(17-3)7-5-13/h4-7,11-12,15H,8-10H2,1-3H3. The summed E-state index contributed by atoms with van der Waals surface area (Å²) in [5.74, 6) is 0.919. The second-order valence-corrected chi connectivity index (χ2v) is 4.80. The van der Waals surface area contributed by atoms with Gasteiger partial charge >= 0.3 is 0 Å². The predicted molar refractivity (Wildman–Crippen MR) is 71.9 cm³/mol. The Balaban J connectivity index is 2.22. The Kier molecular flexibility index (Phi) is 3.89. The number of benzene rings is 1. The Morgan fingerprint density at radius 2 is 1.88 bits per heavy atom. The van der Waals surface area contributed by atoms with Crippen LogP contribution in [0.2, 0.25) is 0 Å². The van der Waals surface area contributed by atoms with E-state index in [9.17, 15) is 0 Å². The van der Waals surface area contributed by atoms with Gasteiger partial charge in [-0.3, -0.25) is 0 Å². The second kappa shape index (κ2) is 5.41. The largest absolute Gasteiger partial charge is 0.497 e. The molecule has 0 aliphatic carbocycles. The lowest BCUT2D eigenvalue weighted by Gasteiger charge is -2.34.